The Morgan fingerprint density at radius 2 is 1.95 bits per heavy atom. The zero-order chi connectivity index (χ0) is 13.9. The molecule has 0 radical (unpaired) electrons. The molecule has 1 N–H and O–H groups in total. The van der Waals surface area contributed by atoms with Gasteiger partial charge < -0.3 is 5.32 Å². The summed E-state index contributed by atoms with van der Waals surface area (Å²) in [6, 6.07) is 12.0. The first-order chi connectivity index (χ1) is 9.76. The van der Waals surface area contributed by atoms with Gasteiger partial charge in [-0.1, -0.05) is 42.8 Å². The fraction of sp³-hybridized carbons (Fsp3) is 0.200. The van der Waals surface area contributed by atoms with E-state index in [4.69, 9.17) is 11.6 Å². The van der Waals surface area contributed by atoms with Gasteiger partial charge in [-0.15, -0.1) is 5.10 Å². The largest absolute Gasteiger partial charge is 0.349 e. The average molecular weight is 287 g/mol. The van der Waals surface area contributed by atoms with Crippen LogP contribution in [-0.4, -0.2) is 14.6 Å². The molecule has 0 unspecified atom stereocenters. The number of aromatic nitrogens is 3. The average Bonchev–Trinajstić information content (AvgIpc) is 2.87. The molecule has 0 saturated heterocycles. The second kappa shape index (κ2) is 5.51. The predicted octanol–water partition coefficient (Wildman–Crippen LogP) is 3.56. The van der Waals surface area contributed by atoms with Crippen molar-refractivity contribution in [3.05, 3.63) is 58.7 Å². The summed E-state index contributed by atoms with van der Waals surface area (Å²) < 4.78 is 1.68. The van der Waals surface area contributed by atoms with Crippen LogP contribution in [0.3, 0.4) is 0 Å². The van der Waals surface area contributed by atoms with Gasteiger partial charge in [0.1, 0.15) is 0 Å². The van der Waals surface area contributed by atoms with Gasteiger partial charge in [-0.25, -0.2) is 4.52 Å². The minimum Gasteiger partial charge on any atom is -0.349 e. The van der Waals surface area contributed by atoms with Crippen molar-refractivity contribution in [3.63, 3.8) is 0 Å². The van der Waals surface area contributed by atoms with Crippen molar-refractivity contribution in [1.29, 1.82) is 0 Å². The summed E-state index contributed by atoms with van der Waals surface area (Å²) in [6.07, 6.45) is 2.76. The summed E-state index contributed by atoms with van der Waals surface area (Å²) >= 11 is 5.93. The number of pyridine rings is 1. The van der Waals surface area contributed by atoms with E-state index in [2.05, 4.69) is 40.5 Å². The molecule has 4 nitrogen and oxygen atoms in total. The Kier molecular flexibility index (Phi) is 3.56. The van der Waals surface area contributed by atoms with E-state index in [1.165, 1.54) is 11.1 Å². The SMILES string of the molecule is CCc1ccccc1CNc1nc2ccc(Cl)cn2n1. The Morgan fingerprint density at radius 3 is 2.75 bits per heavy atom. The van der Waals surface area contributed by atoms with Crippen LogP contribution in [0.25, 0.3) is 5.65 Å². The van der Waals surface area contributed by atoms with Gasteiger partial charge in [-0.2, -0.15) is 4.98 Å². The van der Waals surface area contributed by atoms with E-state index in [-0.39, 0.29) is 0 Å². The fourth-order valence-corrected chi connectivity index (χ4v) is 2.34. The molecule has 0 saturated carbocycles. The van der Waals surface area contributed by atoms with E-state index >= 15 is 0 Å². The number of rotatable bonds is 4. The Labute approximate surface area is 122 Å². The highest BCUT2D eigenvalue weighted by Gasteiger charge is 2.05. The van der Waals surface area contributed by atoms with Crippen LogP contribution in [0.2, 0.25) is 5.02 Å². The van der Waals surface area contributed by atoms with Crippen LogP contribution in [-0.2, 0) is 13.0 Å². The molecule has 1 aromatic carbocycles. The van der Waals surface area contributed by atoms with Crippen LogP contribution in [0.15, 0.2) is 42.6 Å². The van der Waals surface area contributed by atoms with Crippen molar-refractivity contribution < 1.29 is 0 Å². The smallest absolute Gasteiger partial charge is 0.243 e. The van der Waals surface area contributed by atoms with Crippen molar-refractivity contribution in [2.75, 3.05) is 5.32 Å². The van der Waals surface area contributed by atoms with Crippen molar-refractivity contribution in [2.24, 2.45) is 0 Å². The van der Waals surface area contributed by atoms with E-state index in [0.29, 0.717) is 17.5 Å². The Bertz CT molecular complexity index is 736. The molecule has 0 bridgehead atoms. The molecule has 0 spiro atoms. The highest BCUT2D eigenvalue weighted by molar-refractivity contribution is 6.30. The number of benzene rings is 1. The van der Waals surface area contributed by atoms with Crippen LogP contribution < -0.4 is 5.32 Å². The lowest BCUT2D eigenvalue weighted by molar-refractivity contribution is 0.945. The van der Waals surface area contributed by atoms with Gasteiger partial charge in [0.25, 0.3) is 0 Å². The third-order valence-corrected chi connectivity index (χ3v) is 3.45. The lowest BCUT2D eigenvalue weighted by atomic mass is 10.1. The lowest BCUT2D eigenvalue weighted by Crippen LogP contribution is -2.03. The molecule has 0 amide bonds. The van der Waals surface area contributed by atoms with Crippen LogP contribution in [0.4, 0.5) is 5.95 Å². The van der Waals surface area contributed by atoms with Crippen molar-refractivity contribution in [2.45, 2.75) is 19.9 Å². The molecule has 3 rings (SSSR count). The van der Waals surface area contributed by atoms with E-state index < -0.39 is 0 Å². The molecule has 2 aromatic heterocycles. The monoisotopic (exact) mass is 286 g/mol. The highest BCUT2D eigenvalue weighted by Crippen LogP contribution is 2.14. The molecule has 0 atom stereocenters. The van der Waals surface area contributed by atoms with Crippen molar-refractivity contribution >= 4 is 23.2 Å². The van der Waals surface area contributed by atoms with Crippen LogP contribution in [0.1, 0.15) is 18.1 Å². The fourth-order valence-electron chi connectivity index (χ4n) is 2.18. The Morgan fingerprint density at radius 1 is 1.15 bits per heavy atom. The molecule has 20 heavy (non-hydrogen) atoms. The molecule has 3 aromatic rings. The van der Waals surface area contributed by atoms with Gasteiger partial charge in [0.2, 0.25) is 5.95 Å². The third-order valence-electron chi connectivity index (χ3n) is 3.23. The molecule has 0 aliphatic heterocycles. The number of hydrogen-bond acceptors (Lipinski definition) is 3. The maximum Gasteiger partial charge on any atom is 0.243 e. The van der Waals surface area contributed by atoms with Crippen LogP contribution in [0, 0.1) is 0 Å². The molecule has 2 heterocycles. The number of nitrogens with one attached hydrogen (secondary N) is 1. The molecule has 0 fully saturated rings. The number of nitrogens with zero attached hydrogens (tertiary/aromatic N) is 3. The first-order valence-electron chi connectivity index (χ1n) is 6.59. The summed E-state index contributed by atoms with van der Waals surface area (Å²) in [4.78, 5) is 4.41. The molecule has 0 aliphatic carbocycles. The van der Waals surface area contributed by atoms with Gasteiger partial charge in [-0.3, -0.25) is 0 Å². The molecule has 0 aliphatic rings. The zero-order valence-electron chi connectivity index (χ0n) is 11.2. The van der Waals surface area contributed by atoms with E-state index in [9.17, 15) is 0 Å². The van der Waals surface area contributed by atoms with Crippen molar-refractivity contribution in [1.82, 2.24) is 14.6 Å². The molecular formula is C15H15ClN4. The van der Waals surface area contributed by atoms with Gasteiger partial charge in [0, 0.05) is 12.7 Å². The minimum atomic E-state index is 0.609. The van der Waals surface area contributed by atoms with Gasteiger partial charge in [-0.05, 0) is 29.7 Å². The van der Waals surface area contributed by atoms with Gasteiger partial charge >= 0.3 is 0 Å². The molecule has 5 heteroatoms. The quantitative estimate of drug-likeness (QED) is 0.797. The highest BCUT2D eigenvalue weighted by atomic mass is 35.5. The number of anilines is 1. The second-order valence-electron chi connectivity index (χ2n) is 4.56. The van der Waals surface area contributed by atoms with E-state index in [1.807, 2.05) is 18.2 Å². The number of fused-ring (bicyclic) bond motifs is 1. The summed E-state index contributed by atoms with van der Waals surface area (Å²) in [6.45, 7) is 2.87. The topological polar surface area (TPSA) is 42.2 Å². The minimum absolute atomic E-state index is 0.609. The van der Waals surface area contributed by atoms with E-state index in [0.717, 1.165) is 12.1 Å². The lowest BCUT2D eigenvalue weighted by Gasteiger charge is -2.07. The van der Waals surface area contributed by atoms with Crippen molar-refractivity contribution in [3.8, 4) is 0 Å². The Balaban J connectivity index is 1.79. The maximum absolute atomic E-state index is 5.93. The number of halogens is 1. The maximum atomic E-state index is 5.93. The second-order valence-corrected chi connectivity index (χ2v) is 5.00. The van der Waals surface area contributed by atoms with Gasteiger partial charge in [0.15, 0.2) is 5.65 Å². The van der Waals surface area contributed by atoms with Gasteiger partial charge in [0.05, 0.1) is 5.02 Å². The van der Waals surface area contributed by atoms with E-state index in [1.54, 1.807) is 10.7 Å². The molecular weight excluding hydrogens is 272 g/mol. The third kappa shape index (κ3) is 2.60. The standard InChI is InChI=1S/C15H15ClN4/c1-2-11-5-3-4-6-12(11)9-17-15-18-14-8-7-13(16)10-20(14)19-15/h3-8,10H,2,9H2,1H3,(H,17,19). The molecule has 102 valence electrons. The summed E-state index contributed by atoms with van der Waals surface area (Å²) in [5.41, 5.74) is 3.39. The predicted molar refractivity (Wildman–Crippen MR) is 81.1 cm³/mol. The zero-order valence-corrected chi connectivity index (χ0v) is 11.9. The number of aryl methyl sites for hydroxylation is 1. The summed E-state index contributed by atoms with van der Waals surface area (Å²) in [7, 11) is 0. The summed E-state index contributed by atoms with van der Waals surface area (Å²) in [5.74, 6) is 0.609. The summed E-state index contributed by atoms with van der Waals surface area (Å²) in [5, 5.41) is 8.26. The first-order valence-corrected chi connectivity index (χ1v) is 6.96. The number of hydrogen-bond donors (Lipinski definition) is 1. The first kappa shape index (κ1) is 12.9. The Hall–Kier alpha value is -2.07. The normalized spacial score (nSPS) is 10.9. The van der Waals surface area contributed by atoms with Crippen LogP contribution in [0.5, 0.6) is 0 Å². The van der Waals surface area contributed by atoms with Crippen LogP contribution >= 0.6 is 11.6 Å².